The number of amides is 1. The Labute approximate surface area is 169 Å². The molecule has 27 heavy (non-hydrogen) atoms. The van der Waals surface area contributed by atoms with Crippen molar-refractivity contribution in [3.05, 3.63) is 64.1 Å². The zero-order valence-electron chi connectivity index (χ0n) is 16.1. The van der Waals surface area contributed by atoms with E-state index in [1.807, 2.05) is 20.2 Å². The van der Waals surface area contributed by atoms with Crippen molar-refractivity contribution in [1.82, 2.24) is 5.32 Å². The van der Waals surface area contributed by atoms with Crippen LogP contribution in [0, 0.1) is 0 Å². The summed E-state index contributed by atoms with van der Waals surface area (Å²) in [6.07, 6.45) is 4.26. The third kappa shape index (κ3) is 2.67. The summed E-state index contributed by atoms with van der Waals surface area (Å²) in [7, 11) is 4.07. The lowest BCUT2D eigenvalue weighted by Crippen LogP contribution is -2.58. The first-order valence-electron chi connectivity index (χ1n) is 9.10. The molecular formula is C22H24BrN3O. The zero-order valence-corrected chi connectivity index (χ0v) is 17.7. The molecule has 2 heterocycles. The van der Waals surface area contributed by atoms with Gasteiger partial charge in [-0.15, -0.1) is 0 Å². The molecule has 0 aliphatic carbocycles. The first kappa shape index (κ1) is 18.1. The van der Waals surface area contributed by atoms with Gasteiger partial charge >= 0.3 is 0 Å². The summed E-state index contributed by atoms with van der Waals surface area (Å²) in [5.41, 5.74) is 3.81. The second-order valence-electron chi connectivity index (χ2n) is 8.01. The molecule has 4 rings (SSSR count). The van der Waals surface area contributed by atoms with Gasteiger partial charge in [-0.05, 0) is 47.5 Å². The molecule has 1 fully saturated rings. The first-order valence-corrected chi connectivity index (χ1v) is 9.89. The SMILES string of the molecule is CN(C)c1ccc(/C=C/[C@]23NC(=O)CN2c2ccc(Br)cc2C3(C)C)cc1. The Balaban J connectivity index is 1.76. The molecule has 5 heteroatoms. The minimum Gasteiger partial charge on any atom is -0.378 e. The number of hydrogen-bond acceptors (Lipinski definition) is 3. The van der Waals surface area contributed by atoms with Crippen molar-refractivity contribution >= 4 is 39.3 Å². The van der Waals surface area contributed by atoms with Crippen LogP contribution in [0.5, 0.6) is 0 Å². The highest BCUT2D eigenvalue weighted by atomic mass is 79.9. The van der Waals surface area contributed by atoms with Crippen LogP contribution in [0.3, 0.4) is 0 Å². The van der Waals surface area contributed by atoms with Crippen LogP contribution < -0.4 is 15.1 Å². The average molecular weight is 426 g/mol. The highest BCUT2D eigenvalue weighted by Crippen LogP contribution is 2.53. The largest absolute Gasteiger partial charge is 0.378 e. The summed E-state index contributed by atoms with van der Waals surface area (Å²) in [4.78, 5) is 16.6. The van der Waals surface area contributed by atoms with Crippen LogP contribution in [0.2, 0.25) is 0 Å². The van der Waals surface area contributed by atoms with E-state index in [9.17, 15) is 4.79 Å². The number of nitrogens with one attached hydrogen (secondary N) is 1. The van der Waals surface area contributed by atoms with Crippen molar-refractivity contribution in [3.63, 3.8) is 0 Å². The van der Waals surface area contributed by atoms with E-state index in [4.69, 9.17) is 0 Å². The Morgan fingerprint density at radius 1 is 1.15 bits per heavy atom. The maximum atomic E-state index is 12.4. The standard InChI is InChI=1S/C22H24BrN3O/c1-21(2)18-13-16(23)7-10-19(18)26-14-20(27)24-22(21,26)12-11-15-5-8-17(9-6-15)25(3)4/h5-13H,14H2,1-4H3,(H,24,27)/b12-11+/t22-/m0/s1. The van der Waals surface area contributed by atoms with Gasteiger partial charge in [0.25, 0.3) is 0 Å². The number of carbonyl (C=O) groups excluding carboxylic acids is 1. The van der Waals surface area contributed by atoms with Gasteiger partial charge in [-0.1, -0.05) is 48.0 Å². The van der Waals surface area contributed by atoms with Crippen LogP contribution >= 0.6 is 15.9 Å². The maximum absolute atomic E-state index is 12.4. The quantitative estimate of drug-likeness (QED) is 0.801. The van der Waals surface area contributed by atoms with Gasteiger partial charge in [0, 0.05) is 35.4 Å². The van der Waals surface area contributed by atoms with Crippen molar-refractivity contribution in [1.29, 1.82) is 0 Å². The molecule has 1 amide bonds. The minimum atomic E-state index is -0.562. The molecule has 2 aliphatic rings. The lowest BCUT2D eigenvalue weighted by Gasteiger charge is -2.40. The van der Waals surface area contributed by atoms with E-state index in [0.29, 0.717) is 6.54 Å². The Kier molecular flexibility index (Phi) is 4.11. The van der Waals surface area contributed by atoms with Crippen molar-refractivity contribution in [2.45, 2.75) is 24.9 Å². The number of fused-ring (bicyclic) bond motifs is 3. The normalized spacial score (nSPS) is 22.7. The van der Waals surface area contributed by atoms with Gasteiger partial charge < -0.3 is 15.1 Å². The third-order valence-electron chi connectivity index (χ3n) is 5.86. The highest BCUT2D eigenvalue weighted by molar-refractivity contribution is 9.10. The zero-order chi connectivity index (χ0) is 19.4. The summed E-state index contributed by atoms with van der Waals surface area (Å²) >= 11 is 3.59. The molecule has 1 N–H and O–H groups in total. The van der Waals surface area contributed by atoms with Gasteiger partial charge in [0.2, 0.25) is 5.91 Å². The average Bonchev–Trinajstić information content (AvgIpc) is 3.05. The smallest absolute Gasteiger partial charge is 0.241 e. The van der Waals surface area contributed by atoms with E-state index in [1.165, 1.54) is 11.3 Å². The molecule has 2 aromatic rings. The molecular weight excluding hydrogens is 402 g/mol. The summed E-state index contributed by atoms with van der Waals surface area (Å²) in [6.45, 7) is 4.77. The molecule has 2 aliphatic heterocycles. The molecule has 0 radical (unpaired) electrons. The van der Waals surface area contributed by atoms with Gasteiger partial charge in [-0.3, -0.25) is 4.79 Å². The van der Waals surface area contributed by atoms with Crippen LogP contribution in [-0.2, 0) is 10.2 Å². The van der Waals surface area contributed by atoms with Crippen LogP contribution in [0.25, 0.3) is 6.08 Å². The third-order valence-corrected chi connectivity index (χ3v) is 6.35. The van der Waals surface area contributed by atoms with Gasteiger partial charge in [-0.2, -0.15) is 0 Å². The van der Waals surface area contributed by atoms with Crippen LogP contribution in [0.1, 0.15) is 25.0 Å². The van der Waals surface area contributed by atoms with Gasteiger partial charge in [0.1, 0.15) is 5.66 Å². The van der Waals surface area contributed by atoms with E-state index < -0.39 is 5.66 Å². The van der Waals surface area contributed by atoms with Gasteiger partial charge in [0.15, 0.2) is 0 Å². The van der Waals surface area contributed by atoms with E-state index in [1.54, 1.807) is 0 Å². The number of halogens is 1. The highest BCUT2D eigenvalue weighted by Gasteiger charge is 2.59. The molecule has 1 atom stereocenters. The summed E-state index contributed by atoms with van der Waals surface area (Å²) in [5.74, 6) is 0.0595. The summed E-state index contributed by atoms with van der Waals surface area (Å²) in [5, 5.41) is 3.26. The fraction of sp³-hybridized carbons (Fsp3) is 0.318. The molecule has 0 saturated carbocycles. The lowest BCUT2D eigenvalue weighted by molar-refractivity contribution is -0.118. The predicted octanol–water partition coefficient (Wildman–Crippen LogP) is 4.15. The van der Waals surface area contributed by atoms with Crippen molar-refractivity contribution in [3.8, 4) is 0 Å². The molecule has 4 nitrogen and oxygen atoms in total. The number of carbonyl (C=O) groups is 1. The molecule has 0 aromatic heterocycles. The fourth-order valence-electron chi connectivity index (χ4n) is 4.25. The summed E-state index contributed by atoms with van der Waals surface area (Å²) in [6, 6.07) is 14.7. The van der Waals surface area contributed by atoms with Gasteiger partial charge in [-0.25, -0.2) is 0 Å². The molecule has 140 valence electrons. The Morgan fingerprint density at radius 2 is 1.85 bits per heavy atom. The van der Waals surface area contributed by atoms with Crippen molar-refractivity contribution < 1.29 is 4.79 Å². The molecule has 2 aromatic carbocycles. The van der Waals surface area contributed by atoms with E-state index in [0.717, 1.165) is 15.7 Å². The molecule has 0 unspecified atom stereocenters. The fourth-order valence-corrected chi connectivity index (χ4v) is 4.61. The monoisotopic (exact) mass is 425 g/mol. The molecule has 0 bridgehead atoms. The van der Waals surface area contributed by atoms with E-state index in [-0.39, 0.29) is 11.3 Å². The molecule has 0 spiro atoms. The summed E-state index contributed by atoms with van der Waals surface area (Å²) < 4.78 is 1.06. The van der Waals surface area contributed by atoms with Crippen molar-refractivity contribution in [2.75, 3.05) is 30.4 Å². The number of anilines is 2. The topological polar surface area (TPSA) is 35.6 Å². The number of hydrogen-bond donors (Lipinski definition) is 1. The van der Waals surface area contributed by atoms with E-state index >= 15 is 0 Å². The van der Waals surface area contributed by atoms with Crippen LogP contribution in [-0.4, -0.2) is 32.2 Å². The molecule has 1 saturated heterocycles. The predicted molar refractivity (Wildman–Crippen MR) is 115 cm³/mol. The van der Waals surface area contributed by atoms with Crippen molar-refractivity contribution in [2.24, 2.45) is 0 Å². The minimum absolute atomic E-state index is 0.0595. The maximum Gasteiger partial charge on any atom is 0.241 e. The Hall–Kier alpha value is -2.27. The number of benzene rings is 2. The van der Waals surface area contributed by atoms with Gasteiger partial charge in [0.05, 0.1) is 6.54 Å². The second-order valence-corrected chi connectivity index (χ2v) is 8.92. The lowest BCUT2D eigenvalue weighted by atomic mass is 9.75. The van der Waals surface area contributed by atoms with Crippen LogP contribution in [0.4, 0.5) is 11.4 Å². The second kappa shape index (κ2) is 6.13. The number of rotatable bonds is 3. The number of nitrogens with zero attached hydrogens (tertiary/aromatic N) is 2. The Bertz CT molecular complexity index is 933. The Morgan fingerprint density at radius 3 is 2.52 bits per heavy atom. The van der Waals surface area contributed by atoms with Crippen LogP contribution in [0.15, 0.2) is 53.0 Å². The first-order chi connectivity index (χ1) is 12.7. The van der Waals surface area contributed by atoms with E-state index in [2.05, 4.69) is 93.4 Å².